The first-order valence-electron chi connectivity index (χ1n) is 9.45. The van der Waals surface area contributed by atoms with Crippen LogP contribution < -0.4 is 0 Å². The first-order valence-corrected chi connectivity index (χ1v) is 9.45. The minimum atomic E-state index is 0.556. The lowest BCUT2D eigenvalue weighted by Gasteiger charge is -2.07. The van der Waals surface area contributed by atoms with Crippen molar-refractivity contribution in [2.24, 2.45) is 16.8 Å². The van der Waals surface area contributed by atoms with Gasteiger partial charge in [-0.15, -0.1) is 0 Å². The molecule has 0 saturated carbocycles. The van der Waals surface area contributed by atoms with Crippen molar-refractivity contribution in [1.82, 2.24) is 0 Å². The topological polar surface area (TPSA) is 12.4 Å². The van der Waals surface area contributed by atoms with Crippen LogP contribution in [-0.2, 0) is 0 Å². The molecule has 25 heavy (non-hydrogen) atoms. The molecule has 0 saturated heterocycles. The maximum atomic E-state index is 4.43. The van der Waals surface area contributed by atoms with Crippen LogP contribution in [0.15, 0.2) is 59.8 Å². The van der Waals surface area contributed by atoms with Gasteiger partial charge in [0.2, 0.25) is 0 Å². The van der Waals surface area contributed by atoms with Crippen LogP contribution in [0.2, 0.25) is 0 Å². The van der Waals surface area contributed by atoms with E-state index in [9.17, 15) is 0 Å². The highest BCUT2D eigenvalue weighted by atomic mass is 14.7. The monoisotopic (exact) mass is 339 g/mol. The Kier molecular flexibility index (Phi) is 12.4. The Hall–Kier alpha value is -1.89. The van der Waals surface area contributed by atoms with Crippen LogP contribution in [-0.4, -0.2) is 5.71 Å². The standard InChI is InChI=1S/C14H25N.C10H12/c1-7-11(3)13(5)9-10-15-14(6)12(4)8-2;1-3-6-10-8-5-4-7-9(10)2/h9-12H,5,7-8H2,1-4,6H3;3-8H,1-2H3/b10-9-,15-14?;6-3-. The fraction of sp³-hybridized carbons (Fsp3) is 0.458. The van der Waals surface area contributed by atoms with Crippen LogP contribution in [0.4, 0.5) is 0 Å². The zero-order chi connectivity index (χ0) is 19.2. The van der Waals surface area contributed by atoms with Crippen LogP contribution in [0.1, 0.15) is 65.5 Å². The van der Waals surface area contributed by atoms with Crippen molar-refractivity contribution < 1.29 is 0 Å². The van der Waals surface area contributed by atoms with E-state index in [2.05, 4.69) is 89.5 Å². The average molecular weight is 340 g/mol. The summed E-state index contributed by atoms with van der Waals surface area (Å²) in [7, 11) is 0. The van der Waals surface area contributed by atoms with Crippen LogP contribution in [0.5, 0.6) is 0 Å². The first-order chi connectivity index (χ1) is 11.9. The third kappa shape index (κ3) is 9.86. The Morgan fingerprint density at radius 1 is 1.12 bits per heavy atom. The molecule has 0 N–H and O–H groups in total. The van der Waals surface area contributed by atoms with Gasteiger partial charge in [0.1, 0.15) is 0 Å². The summed E-state index contributed by atoms with van der Waals surface area (Å²) in [4.78, 5) is 4.43. The number of hydrogen-bond acceptors (Lipinski definition) is 1. The molecule has 0 spiro atoms. The SMILES string of the molecule is C/C=C\c1ccccc1C.C=C(/C=C\N=C(C)C(C)CC)C(C)CC. The Morgan fingerprint density at radius 2 is 1.72 bits per heavy atom. The Labute approximate surface area is 156 Å². The minimum Gasteiger partial charge on any atom is -0.266 e. The normalized spacial score (nSPS) is 14.3. The number of allylic oxidation sites excluding steroid dienone is 3. The smallest absolute Gasteiger partial charge is 0.0269 e. The van der Waals surface area contributed by atoms with Crippen LogP contribution in [0, 0.1) is 18.8 Å². The second kappa shape index (κ2) is 13.4. The predicted octanol–water partition coefficient (Wildman–Crippen LogP) is 7.64. The maximum Gasteiger partial charge on any atom is 0.0269 e. The van der Waals surface area contributed by atoms with Crippen molar-refractivity contribution in [3.8, 4) is 0 Å². The number of nitrogens with zero attached hydrogens (tertiary/aromatic N) is 1. The summed E-state index contributed by atoms with van der Waals surface area (Å²) in [5.74, 6) is 1.13. The molecule has 1 heteroatoms. The third-order valence-electron chi connectivity index (χ3n) is 4.67. The zero-order valence-corrected chi connectivity index (χ0v) is 17.3. The van der Waals surface area contributed by atoms with E-state index in [1.165, 1.54) is 22.4 Å². The highest BCUT2D eigenvalue weighted by Crippen LogP contribution is 2.13. The summed E-state index contributed by atoms with van der Waals surface area (Å²) < 4.78 is 0. The number of aryl methyl sites for hydroxylation is 1. The molecule has 0 aliphatic carbocycles. The van der Waals surface area contributed by atoms with Crippen molar-refractivity contribution in [3.63, 3.8) is 0 Å². The van der Waals surface area contributed by atoms with Gasteiger partial charge >= 0.3 is 0 Å². The van der Waals surface area contributed by atoms with Crippen molar-refractivity contribution in [3.05, 3.63) is 65.9 Å². The van der Waals surface area contributed by atoms with Gasteiger partial charge in [-0.25, -0.2) is 0 Å². The van der Waals surface area contributed by atoms with Gasteiger partial charge in [0.05, 0.1) is 0 Å². The molecule has 0 bridgehead atoms. The molecule has 1 aromatic carbocycles. The molecule has 2 unspecified atom stereocenters. The van der Waals surface area contributed by atoms with Gasteiger partial charge in [-0.1, -0.05) is 76.3 Å². The van der Waals surface area contributed by atoms with Gasteiger partial charge in [0.25, 0.3) is 0 Å². The highest BCUT2D eigenvalue weighted by molar-refractivity contribution is 5.84. The summed E-state index contributed by atoms with van der Waals surface area (Å²) in [6.07, 6.45) is 10.4. The lowest BCUT2D eigenvalue weighted by Crippen LogP contribution is -2.04. The van der Waals surface area contributed by atoms with Gasteiger partial charge in [-0.05, 0) is 62.7 Å². The fourth-order valence-electron chi connectivity index (χ4n) is 2.05. The van der Waals surface area contributed by atoms with Gasteiger partial charge in [-0.3, -0.25) is 4.99 Å². The minimum absolute atomic E-state index is 0.556. The molecule has 1 rings (SSSR count). The largest absolute Gasteiger partial charge is 0.266 e. The van der Waals surface area contributed by atoms with Gasteiger partial charge < -0.3 is 0 Å². The number of hydrogen-bond donors (Lipinski definition) is 0. The summed E-state index contributed by atoms with van der Waals surface area (Å²) in [5, 5.41) is 0. The van der Waals surface area contributed by atoms with Gasteiger partial charge in [0.15, 0.2) is 0 Å². The molecular weight excluding hydrogens is 302 g/mol. The quantitative estimate of drug-likeness (QED) is 0.357. The lowest BCUT2D eigenvalue weighted by molar-refractivity contribution is 0.672. The van der Waals surface area contributed by atoms with Crippen molar-refractivity contribution in [2.75, 3.05) is 0 Å². The molecule has 0 amide bonds. The maximum absolute atomic E-state index is 4.43. The molecule has 0 fully saturated rings. The third-order valence-corrected chi connectivity index (χ3v) is 4.67. The van der Waals surface area contributed by atoms with E-state index in [0.29, 0.717) is 11.8 Å². The van der Waals surface area contributed by atoms with E-state index in [-0.39, 0.29) is 0 Å². The van der Waals surface area contributed by atoms with Crippen molar-refractivity contribution in [1.29, 1.82) is 0 Å². The number of benzene rings is 1. The summed E-state index contributed by atoms with van der Waals surface area (Å²) in [5.41, 5.74) is 5.01. The summed E-state index contributed by atoms with van der Waals surface area (Å²) in [6, 6.07) is 8.36. The molecule has 1 aromatic rings. The van der Waals surface area contributed by atoms with Crippen LogP contribution >= 0.6 is 0 Å². The molecular formula is C24H37N. The Balaban J connectivity index is 0.000000496. The zero-order valence-electron chi connectivity index (χ0n) is 17.3. The van der Waals surface area contributed by atoms with E-state index in [4.69, 9.17) is 0 Å². The van der Waals surface area contributed by atoms with Crippen LogP contribution in [0.25, 0.3) is 6.08 Å². The van der Waals surface area contributed by atoms with E-state index in [1.807, 2.05) is 19.2 Å². The molecule has 2 atom stereocenters. The van der Waals surface area contributed by atoms with E-state index in [0.717, 1.165) is 12.8 Å². The van der Waals surface area contributed by atoms with E-state index < -0.39 is 0 Å². The molecule has 0 aliphatic heterocycles. The molecule has 1 nitrogen and oxygen atoms in total. The summed E-state index contributed by atoms with van der Waals surface area (Å²) in [6.45, 7) is 19.0. The van der Waals surface area contributed by atoms with Crippen molar-refractivity contribution >= 4 is 11.8 Å². The first kappa shape index (κ1) is 23.1. The second-order valence-electron chi connectivity index (χ2n) is 6.64. The Bertz CT molecular complexity index is 590. The molecule has 0 aliphatic rings. The van der Waals surface area contributed by atoms with Crippen LogP contribution in [0.3, 0.4) is 0 Å². The molecule has 138 valence electrons. The average Bonchev–Trinajstić information content (AvgIpc) is 2.62. The highest BCUT2D eigenvalue weighted by Gasteiger charge is 2.01. The Morgan fingerprint density at radius 3 is 2.24 bits per heavy atom. The fourth-order valence-corrected chi connectivity index (χ4v) is 2.05. The molecule has 0 heterocycles. The summed E-state index contributed by atoms with van der Waals surface area (Å²) >= 11 is 0. The second-order valence-corrected chi connectivity index (χ2v) is 6.64. The van der Waals surface area contributed by atoms with E-state index >= 15 is 0 Å². The van der Waals surface area contributed by atoms with Gasteiger partial charge in [-0.2, -0.15) is 0 Å². The molecule has 0 radical (unpaired) electrons. The number of rotatable bonds is 7. The van der Waals surface area contributed by atoms with Crippen molar-refractivity contribution in [2.45, 2.75) is 61.3 Å². The molecule has 0 aromatic heterocycles. The van der Waals surface area contributed by atoms with Gasteiger partial charge in [0, 0.05) is 11.9 Å². The lowest BCUT2D eigenvalue weighted by atomic mass is 10.0. The predicted molar refractivity (Wildman–Crippen MR) is 116 cm³/mol. The number of aliphatic imine (C=N–C) groups is 1. The van der Waals surface area contributed by atoms with E-state index in [1.54, 1.807) is 0 Å².